The Morgan fingerprint density at radius 2 is 1.86 bits per heavy atom. The fourth-order valence-electron chi connectivity index (χ4n) is 3.49. The molecule has 1 aromatic carbocycles. The van der Waals surface area contributed by atoms with Crippen molar-refractivity contribution in [2.75, 3.05) is 0 Å². The van der Waals surface area contributed by atoms with Crippen LogP contribution in [0.3, 0.4) is 0 Å². The third-order valence-electron chi connectivity index (χ3n) is 4.74. The van der Waals surface area contributed by atoms with E-state index in [4.69, 9.17) is 0 Å². The van der Waals surface area contributed by atoms with Gasteiger partial charge in [0.2, 0.25) is 0 Å². The van der Waals surface area contributed by atoms with Gasteiger partial charge in [-0.1, -0.05) is 50.0 Å². The van der Waals surface area contributed by atoms with Crippen LogP contribution >= 0.6 is 0 Å². The molecule has 1 aliphatic rings. The molecule has 1 aliphatic carbocycles. The van der Waals surface area contributed by atoms with Crippen LogP contribution in [-0.2, 0) is 0 Å². The van der Waals surface area contributed by atoms with Crippen molar-refractivity contribution in [1.29, 1.82) is 0 Å². The van der Waals surface area contributed by atoms with Gasteiger partial charge in [0.1, 0.15) is 5.52 Å². The van der Waals surface area contributed by atoms with Gasteiger partial charge in [0, 0.05) is 5.70 Å². The van der Waals surface area contributed by atoms with Crippen LogP contribution in [0.1, 0.15) is 71.1 Å². The number of aromatic nitrogens is 3. The topological polar surface area (TPSA) is 30.7 Å². The molecule has 0 amide bonds. The maximum Gasteiger partial charge on any atom is 0.113 e. The zero-order valence-corrected chi connectivity index (χ0v) is 13.7. The zero-order chi connectivity index (χ0) is 15.2. The number of hydrogen-bond acceptors (Lipinski definition) is 2. The average Bonchev–Trinajstić information content (AvgIpc) is 3.00. The first kappa shape index (κ1) is 15.3. The molecule has 0 N–H and O–H groups in total. The Balaban J connectivity index is 1.90. The third-order valence-corrected chi connectivity index (χ3v) is 4.74. The number of para-hydroxylation sites is 1. The summed E-state index contributed by atoms with van der Waals surface area (Å²) in [5, 5.41) is 8.84. The predicted molar refractivity (Wildman–Crippen MR) is 92.6 cm³/mol. The summed E-state index contributed by atoms with van der Waals surface area (Å²) in [5.41, 5.74) is 5.22. The van der Waals surface area contributed by atoms with Crippen molar-refractivity contribution in [1.82, 2.24) is 15.0 Å². The molecule has 1 fully saturated rings. The maximum atomic E-state index is 4.48. The van der Waals surface area contributed by atoms with E-state index in [9.17, 15) is 0 Å². The molecule has 1 heterocycles. The number of fused-ring (bicyclic) bond motifs is 1. The standard InChI is InChI=1S/C19H27N3/c1-2-3-4-8-14-18(16-11-6-5-7-12-16)22-19-15-10-9-13-17(19)20-21-22/h9-10,13,15H,2-8,11-12,14H2,1H3. The van der Waals surface area contributed by atoms with Crippen LogP contribution in [0.25, 0.3) is 16.7 Å². The number of nitrogens with zero attached hydrogens (tertiary/aromatic N) is 3. The second-order valence-corrected chi connectivity index (χ2v) is 6.41. The molecule has 1 aromatic heterocycles. The number of benzene rings is 1. The van der Waals surface area contributed by atoms with Crippen LogP contribution in [0.15, 0.2) is 29.8 Å². The summed E-state index contributed by atoms with van der Waals surface area (Å²) in [7, 11) is 0. The lowest BCUT2D eigenvalue weighted by molar-refractivity contribution is 0.587. The molecule has 0 spiro atoms. The minimum Gasteiger partial charge on any atom is -0.217 e. The smallest absolute Gasteiger partial charge is 0.113 e. The Hall–Kier alpha value is -1.64. The lowest BCUT2D eigenvalue weighted by Crippen LogP contribution is -2.07. The van der Waals surface area contributed by atoms with Gasteiger partial charge >= 0.3 is 0 Å². The van der Waals surface area contributed by atoms with E-state index < -0.39 is 0 Å². The molecule has 3 nitrogen and oxygen atoms in total. The molecule has 0 atom stereocenters. The van der Waals surface area contributed by atoms with Gasteiger partial charge in [0.05, 0.1) is 5.52 Å². The summed E-state index contributed by atoms with van der Waals surface area (Å²) in [4.78, 5) is 0. The molecule has 22 heavy (non-hydrogen) atoms. The average molecular weight is 297 g/mol. The molecule has 3 rings (SSSR count). The monoisotopic (exact) mass is 297 g/mol. The van der Waals surface area contributed by atoms with E-state index in [2.05, 4.69) is 40.1 Å². The highest BCUT2D eigenvalue weighted by Gasteiger charge is 2.16. The van der Waals surface area contributed by atoms with Crippen molar-refractivity contribution in [3.05, 3.63) is 29.8 Å². The summed E-state index contributed by atoms with van der Waals surface area (Å²) in [6, 6.07) is 8.32. The number of hydrogen-bond donors (Lipinski definition) is 0. The van der Waals surface area contributed by atoms with Gasteiger partial charge in [-0.3, -0.25) is 0 Å². The minimum absolute atomic E-state index is 1.00. The molecule has 118 valence electrons. The van der Waals surface area contributed by atoms with Gasteiger partial charge in [-0.05, 0) is 56.2 Å². The Morgan fingerprint density at radius 3 is 2.68 bits per heavy atom. The van der Waals surface area contributed by atoms with E-state index in [1.807, 2.05) is 6.07 Å². The van der Waals surface area contributed by atoms with Crippen LogP contribution < -0.4 is 0 Å². The van der Waals surface area contributed by atoms with Crippen LogP contribution in [0, 0.1) is 0 Å². The first-order chi connectivity index (χ1) is 10.9. The number of rotatable bonds is 6. The summed E-state index contributed by atoms with van der Waals surface area (Å²) >= 11 is 0. The maximum absolute atomic E-state index is 4.48. The Morgan fingerprint density at radius 1 is 1.05 bits per heavy atom. The highest BCUT2D eigenvalue weighted by atomic mass is 15.4. The fourth-order valence-corrected chi connectivity index (χ4v) is 3.49. The summed E-state index contributed by atoms with van der Waals surface area (Å²) < 4.78 is 2.13. The first-order valence-electron chi connectivity index (χ1n) is 8.92. The molecule has 0 saturated heterocycles. The Labute approximate surface area is 133 Å². The van der Waals surface area contributed by atoms with E-state index in [1.165, 1.54) is 63.5 Å². The number of unbranched alkanes of at least 4 members (excludes halogenated alkanes) is 3. The summed E-state index contributed by atoms with van der Waals surface area (Å²) in [5.74, 6) is 0. The van der Waals surface area contributed by atoms with Gasteiger partial charge in [0.25, 0.3) is 0 Å². The first-order valence-corrected chi connectivity index (χ1v) is 8.92. The van der Waals surface area contributed by atoms with Crippen molar-refractivity contribution in [2.24, 2.45) is 0 Å². The van der Waals surface area contributed by atoms with Crippen LogP contribution in [-0.4, -0.2) is 15.0 Å². The highest BCUT2D eigenvalue weighted by molar-refractivity contribution is 5.78. The SMILES string of the molecule is CCCCCCC(=C1CCCCC1)n1nnc2ccccc21. The third kappa shape index (κ3) is 3.40. The van der Waals surface area contributed by atoms with Gasteiger partial charge in [-0.25, -0.2) is 4.68 Å². The Bertz CT molecular complexity index is 631. The lowest BCUT2D eigenvalue weighted by atomic mass is 9.91. The van der Waals surface area contributed by atoms with Gasteiger partial charge < -0.3 is 0 Å². The lowest BCUT2D eigenvalue weighted by Gasteiger charge is -2.19. The van der Waals surface area contributed by atoms with Crippen LogP contribution in [0.2, 0.25) is 0 Å². The zero-order valence-electron chi connectivity index (χ0n) is 13.7. The van der Waals surface area contributed by atoms with Crippen molar-refractivity contribution < 1.29 is 0 Å². The molecule has 0 bridgehead atoms. The summed E-state index contributed by atoms with van der Waals surface area (Å²) in [6.07, 6.45) is 12.9. The van der Waals surface area contributed by atoms with Gasteiger partial charge in [-0.15, -0.1) is 5.10 Å². The van der Waals surface area contributed by atoms with Crippen LogP contribution in [0.5, 0.6) is 0 Å². The van der Waals surface area contributed by atoms with E-state index in [0.29, 0.717) is 0 Å². The van der Waals surface area contributed by atoms with Gasteiger partial charge in [0.15, 0.2) is 0 Å². The van der Waals surface area contributed by atoms with Crippen molar-refractivity contribution >= 4 is 16.7 Å². The largest absolute Gasteiger partial charge is 0.217 e. The molecule has 0 radical (unpaired) electrons. The second kappa shape index (κ2) is 7.57. The van der Waals surface area contributed by atoms with E-state index in [0.717, 1.165) is 17.5 Å². The quantitative estimate of drug-likeness (QED) is 0.652. The van der Waals surface area contributed by atoms with E-state index >= 15 is 0 Å². The van der Waals surface area contributed by atoms with E-state index in [1.54, 1.807) is 5.57 Å². The fraction of sp³-hybridized carbons (Fsp3) is 0.579. The Kier molecular flexibility index (Phi) is 5.25. The minimum atomic E-state index is 1.00. The normalized spacial score (nSPS) is 15.4. The second-order valence-electron chi connectivity index (χ2n) is 6.41. The van der Waals surface area contributed by atoms with Crippen molar-refractivity contribution in [3.8, 4) is 0 Å². The molecule has 0 unspecified atom stereocenters. The molecule has 2 aromatic rings. The molecular formula is C19H27N3. The molecular weight excluding hydrogens is 270 g/mol. The van der Waals surface area contributed by atoms with Crippen LogP contribution in [0.4, 0.5) is 0 Å². The van der Waals surface area contributed by atoms with Crippen molar-refractivity contribution in [2.45, 2.75) is 71.1 Å². The molecule has 0 aliphatic heterocycles. The van der Waals surface area contributed by atoms with E-state index in [-0.39, 0.29) is 0 Å². The molecule has 3 heteroatoms. The highest BCUT2D eigenvalue weighted by Crippen LogP contribution is 2.31. The van der Waals surface area contributed by atoms with Gasteiger partial charge in [-0.2, -0.15) is 0 Å². The van der Waals surface area contributed by atoms with Crippen molar-refractivity contribution in [3.63, 3.8) is 0 Å². The predicted octanol–water partition coefficient (Wildman–Crippen LogP) is 5.58. The number of allylic oxidation sites excluding steroid dienone is 2. The summed E-state index contributed by atoms with van der Waals surface area (Å²) in [6.45, 7) is 2.27. The molecule has 1 saturated carbocycles.